The molecule has 2 nitrogen and oxygen atoms in total. The fourth-order valence-corrected chi connectivity index (χ4v) is 2.46. The first-order chi connectivity index (χ1) is 6.20. The molecule has 0 bridgehead atoms. The van der Waals surface area contributed by atoms with E-state index in [1.165, 1.54) is 19.3 Å². The van der Waals surface area contributed by atoms with Crippen LogP contribution in [0.4, 0.5) is 0 Å². The molecule has 0 aromatic heterocycles. The van der Waals surface area contributed by atoms with Crippen LogP contribution in [-0.4, -0.2) is 26.9 Å². The summed E-state index contributed by atoms with van der Waals surface area (Å²) in [6, 6.07) is 0. The molecule has 0 amide bonds. The molecule has 0 rings (SSSR count). The molecule has 0 aliphatic carbocycles. The van der Waals surface area contributed by atoms with E-state index in [4.69, 9.17) is 9.53 Å². The number of rotatable bonds is 8. The van der Waals surface area contributed by atoms with Crippen LogP contribution >= 0.6 is 0 Å². The van der Waals surface area contributed by atoms with Gasteiger partial charge in [0.05, 0.1) is 0 Å². The minimum absolute atomic E-state index is 0.297. The van der Waals surface area contributed by atoms with E-state index in [1.807, 2.05) is 0 Å². The predicted molar refractivity (Wildman–Crippen MR) is 59.6 cm³/mol. The molecule has 1 atom stereocenters. The normalized spacial score (nSPS) is 13.6. The molecule has 0 saturated carbocycles. The summed E-state index contributed by atoms with van der Waals surface area (Å²) >= 11 is 0. The summed E-state index contributed by atoms with van der Waals surface area (Å²) in [6.07, 6.45) is 5.98. The lowest BCUT2D eigenvalue weighted by molar-refractivity contribution is 0.163. The van der Waals surface area contributed by atoms with Gasteiger partial charge in [-0.2, -0.15) is 0 Å². The van der Waals surface area contributed by atoms with Crippen LogP contribution in [0, 0.1) is 0 Å². The molecular formula is C10H24O2Si. The van der Waals surface area contributed by atoms with E-state index in [-0.39, 0.29) is 0 Å². The first-order valence-electron chi connectivity index (χ1n) is 5.47. The summed E-state index contributed by atoms with van der Waals surface area (Å²) in [5.74, 6) is 0. The third-order valence-electron chi connectivity index (χ3n) is 2.03. The molecule has 0 fully saturated rings. The second-order valence-electron chi connectivity index (χ2n) is 3.81. The van der Waals surface area contributed by atoms with Gasteiger partial charge in [0.1, 0.15) is 0 Å². The van der Waals surface area contributed by atoms with E-state index in [9.17, 15) is 0 Å². The topological polar surface area (TPSA) is 29.5 Å². The fourth-order valence-electron chi connectivity index (χ4n) is 1.42. The lowest BCUT2D eigenvalue weighted by Crippen LogP contribution is -2.21. The SMILES string of the molecule is CCCCC(CCCO)O[SiH](C)C. The van der Waals surface area contributed by atoms with Crippen molar-refractivity contribution in [3.05, 3.63) is 0 Å². The zero-order chi connectivity index (χ0) is 10.1. The monoisotopic (exact) mass is 204 g/mol. The molecule has 0 aliphatic heterocycles. The van der Waals surface area contributed by atoms with Crippen molar-refractivity contribution in [2.45, 2.75) is 58.2 Å². The standard InChI is InChI=1S/C10H24O2Si/c1-4-5-7-10(8-6-9-11)12-13(2)3/h10-11,13H,4-9H2,1-3H3. The van der Waals surface area contributed by atoms with Gasteiger partial charge in [0, 0.05) is 12.7 Å². The highest BCUT2D eigenvalue weighted by Gasteiger charge is 2.09. The van der Waals surface area contributed by atoms with Crippen molar-refractivity contribution in [3.8, 4) is 0 Å². The molecule has 0 aromatic rings. The highest BCUT2D eigenvalue weighted by molar-refractivity contribution is 6.48. The van der Waals surface area contributed by atoms with Crippen molar-refractivity contribution in [1.29, 1.82) is 0 Å². The third kappa shape index (κ3) is 8.47. The zero-order valence-electron chi connectivity index (χ0n) is 9.25. The molecule has 0 saturated heterocycles. The predicted octanol–water partition coefficient (Wildman–Crippen LogP) is 2.32. The van der Waals surface area contributed by atoms with Crippen LogP contribution in [0.2, 0.25) is 13.1 Å². The second-order valence-corrected chi connectivity index (χ2v) is 6.18. The average Bonchev–Trinajstić information content (AvgIpc) is 2.09. The first kappa shape index (κ1) is 13.1. The second kappa shape index (κ2) is 8.72. The van der Waals surface area contributed by atoms with Gasteiger partial charge in [-0.15, -0.1) is 0 Å². The molecule has 80 valence electrons. The molecule has 1 N–H and O–H groups in total. The van der Waals surface area contributed by atoms with Gasteiger partial charge in [0.2, 0.25) is 0 Å². The summed E-state index contributed by atoms with van der Waals surface area (Å²) in [5.41, 5.74) is 0. The van der Waals surface area contributed by atoms with E-state index in [0.717, 1.165) is 12.8 Å². The molecule has 1 unspecified atom stereocenters. The van der Waals surface area contributed by atoms with E-state index >= 15 is 0 Å². The van der Waals surface area contributed by atoms with Crippen LogP contribution < -0.4 is 0 Å². The van der Waals surface area contributed by atoms with Crippen LogP contribution in [0.25, 0.3) is 0 Å². The summed E-state index contributed by atoms with van der Waals surface area (Å²) < 4.78 is 5.88. The zero-order valence-corrected chi connectivity index (χ0v) is 10.4. The number of unbranched alkanes of at least 4 members (excludes halogenated alkanes) is 1. The number of aliphatic hydroxyl groups excluding tert-OH is 1. The Balaban J connectivity index is 3.60. The van der Waals surface area contributed by atoms with Crippen molar-refractivity contribution >= 4 is 9.04 Å². The number of hydrogen-bond acceptors (Lipinski definition) is 2. The van der Waals surface area contributed by atoms with Gasteiger partial charge in [-0.25, -0.2) is 0 Å². The van der Waals surface area contributed by atoms with Gasteiger partial charge in [-0.3, -0.25) is 0 Å². The van der Waals surface area contributed by atoms with Crippen LogP contribution in [0.5, 0.6) is 0 Å². The van der Waals surface area contributed by atoms with Crippen LogP contribution in [0.15, 0.2) is 0 Å². The Morgan fingerprint density at radius 2 is 1.85 bits per heavy atom. The molecule has 3 heteroatoms. The van der Waals surface area contributed by atoms with Gasteiger partial charge in [-0.05, 0) is 32.4 Å². The Kier molecular flexibility index (Phi) is 8.81. The maximum atomic E-state index is 8.73. The van der Waals surface area contributed by atoms with Gasteiger partial charge in [0.15, 0.2) is 9.04 Å². The molecule has 0 spiro atoms. The van der Waals surface area contributed by atoms with E-state index in [0.29, 0.717) is 12.7 Å². The summed E-state index contributed by atoms with van der Waals surface area (Å²) in [5, 5.41) is 8.73. The highest BCUT2D eigenvalue weighted by atomic mass is 28.3. The minimum Gasteiger partial charge on any atom is -0.418 e. The quantitative estimate of drug-likeness (QED) is 0.615. The van der Waals surface area contributed by atoms with Crippen LogP contribution in [-0.2, 0) is 4.43 Å². The summed E-state index contributed by atoms with van der Waals surface area (Å²) in [6.45, 7) is 6.91. The summed E-state index contributed by atoms with van der Waals surface area (Å²) in [7, 11) is -0.895. The molecule has 0 radical (unpaired) electrons. The average molecular weight is 204 g/mol. The molecular weight excluding hydrogens is 180 g/mol. The lowest BCUT2D eigenvalue weighted by Gasteiger charge is -2.19. The van der Waals surface area contributed by atoms with Crippen molar-refractivity contribution in [2.75, 3.05) is 6.61 Å². The maximum Gasteiger partial charge on any atom is 0.171 e. The van der Waals surface area contributed by atoms with Gasteiger partial charge in [0.25, 0.3) is 0 Å². The smallest absolute Gasteiger partial charge is 0.171 e. The Bertz CT molecular complexity index is 99.1. The Morgan fingerprint density at radius 3 is 2.31 bits per heavy atom. The largest absolute Gasteiger partial charge is 0.418 e. The molecule has 0 heterocycles. The van der Waals surface area contributed by atoms with Gasteiger partial charge < -0.3 is 9.53 Å². The van der Waals surface area contributed by atoms with Crippen molar-refractivity contribution in [3.63, 3.8) is 0 Å². The first-order valence-corrected chi connectivity index (χ1v) is 8.25. The number of aliphatic hydroxyl groups is 1. The molecule has 13 heavy (non-hydrogen) atoms. The van der Waals surface area contributed by atoms with E-state index in [1.54, 1.807) is 0 Å². The van der Waals surface area contributed by atoms with Crippen LogP contribution in [0.3, 0.4) is 0 Å². The molecule has 0 aromatic carbocycles. The maximum absolute atomic E-state index is 8.73. The van der Waals surface area contributed by atoms with Crippen molar-refractivity contribution in [2.24, 2.45) is 0 Å². The van der Waals surface area contributed by atoms with Crippen molar-refractivity contribution in [1.82, 2.24) is 0 Å². The van der Waals surface area contributed by atoms with Gasteiger partial charge >= 0.3 is 0 Å². The minimum atomic E-state index is -0.895. The highest BCUT2D eigenvalue weighted by Crippen LogP contribution is 2.12. The molecule has 0 aliphatic rings. The Hall–Kier alpha value is 0.137. The fraction of sp³-hybridized carbons (Fsp3) is 1.00. The Labute approximate surface area is 84.0 Å². The lowest BCUT2D eigenvalue weighted by atomic mass is 10.1. The van der Waals surface area contributed by atoms with Crippen molar-refractivity contribution < 1.29 is 9.53 Å². The van der Waals surface area contributed by atoms with E-state index < -0.39 is 9.04 Å². The summed E-state index contributed by atoms with van der Waals surface area (Å²) in [4.78, 5) is 0. The number of hydrogen-bond donors (Lipinski definition) is 1. The van der Waals surface area contributed by atoms with Gasteiger partial charge in [-0.1, -0.05) is 19.8 Å². The van der Waals surface area contributed by atoms with Crippen LogP contribution in [0.1, 0.15) is 39.0 Å². The Morgan fingerprint density at radius 1 is 1.23 bits per heavy atom. The third-order valence-corrected chi connectivity index (χ3v) is 2.96. The van der Waals surface area contributed by atoms with E-state index in [2.05, 4.69) is 20.0 Å².